The zero-order chi connectivity index (χ0) is 23.4. The third-order valence-corrected chi connectivity index (χ3v) is 5.46. The maximum absolute atomic E-state index is 14.8. The predicted molar refractivity (Wildman–Crippen MR) is 106 cm³/mol. The van der Waals surface area contributed by atoms with Crippen molar-refractivity contribution in [3.63, 3.8) is 0 Å². The van der Waals surface area contributed by atoms with Gasteiger partial charge in [0.05, 0.1) is 18.7 Å². The second kappa shape index (κ2) is 9.70. The largest absolute Gasteiger partial charge is 0.455 e. The zero-order valence-electron chi connectivity index (χ0n) is 16.7. The molecule has 0 bridgehead atoms. The number of primary amides is 1. The third-order valence-electron chi connectivity index (χ3n) is 4.64. The van der Waals surface area contributed by atoms with Crippen LogP contribution in [0.5, 0.6) is 0 Å². The fraction of sp³-hybridized carbons (Fsp3) is 0.450. The average molecular weight is 460 g/mol. The Hall–Kier alpha value is -2.58. The van der Waals surface area contributed by atoms with Crippen molar-refractivity contribution in [3.8, 4) is 16.6 Å². The fourth-order valence-electron chi connectivity index (χ4n) is 3.26. The lowest BCUT2D eigenvalue weighted by molar-refractivity contribution is -0.306. The Balaban J connectivity index is 2.63. The highest BCUT2D eigenvalue weighted by Gasteiger charge is 2.65. The van der Waals surface area contributed by atoms with Crippen LogP contribution < -0.4 is 5.73 Å². The molecule has 11 heteroatoms. The number of aromatic nitrogens is 1. The van der Waals surface area contributed by atoms with Crippen molar-refractivity contribution in [2.24, 2.45) is 11.7 Å². The first-order chi connectivity index (χ1) is 14.4. The number of carbonyl (C=O) groups excluding carboxylic acids is 1. The maximum Gasteiger partial charge on any atom is 0.455 e. The van der Waals surface area contributed by atoms with Gasteiger partial charge in [0.2, 0.25) is 5.91 Å². The highest BCUT2D eigenvalue weighted by Crippen LogP contribution is 2.48. The lowest BCUT2D eigenvalue weighted by Gasteiger charge is -2.40. The second-order valence-corrected chi connectivity index (χ2v) is 8.26. The van der Waals surface area contributed by atoms with Crippen molar-refractivity contribution in [1.82, 2.24) is 9.88 Å². The van der Waals surface area contributed by atoms with Crippen LogP contribution in [0.4, 0.5) is 22.0 Å². The summed E-state index contributed by atoms with van der Waals surface area (Å²) in [6, 6.07) is 2.48. The zero-order valence-corrected chi connectivity index (χ0v) is 17.6. The van der Waals surface area contributed by atoms with E-state index >= 15 is 0 Å². The number of alkyl halides is 5. The van der Waals surface area contributed by atoms with Crippen molar-refractivity contribution < 1.29 is 26.7 Å². The van der Waals surface area contributed by atoms with E-state index in [2.05, 4.69) is 4.98 Å². The van der Waals surface area contributed by atoms with E-state index in [1.165, 1.54) is 29.7 Å². The van der Waals surface area contributed by atoms with Crippen LogP contribution >= 0.6 is 11.3 Å². The number of thiazole rings is 1. The number of nitrogens with two attached hydrogens (primary N) is 1. The summed E-state index contributed by atoms with van der Waals surface area (Å²) in [6.07, 6.45) is -4.47. The molecule has 0 unspecified atom stereocenters. The van der Waals surface area contributed by atoms with Gasteiger partial charge in [-0.3, -0.25) is 9.69 Å². The Morgan fingerprint density at radius 1 is 1.23 bits per heavy atom. The van der Waals surface area contributed by atoms with Crippen molar-refractivity contribution in [3.05, 3.63) is 41.4 Å². The van der Waals surface area contributed by atoms with Gasteiger partial charge in [0, 0.05) is 17.1 Å². The van der Waals surface area contributed by atoms with Crippen LogP contribution in [-0.4, -0.2) is 40.5 Å². The summed E-state index contributed by atoms with van der Waals surface area (Å²) < 4.78 is 69.7. The molecule has 1 heterocycles. The first-order valence-electron chi connectivity index (χ1n) is 9.26. The molecule has 1 amide bonds. The van der Waals surface area contributed by atoms with Crippen LogP contribution in [0.15, 0.2) is 35.8 Å². The minimum Gasteiger partial charge on any atom is -0.368 e. The monoisotopic (exact) mass is 460 g/mol. The van der Waals surface area contributed by atoms with Crippen LogP contribution in [0.25, 0.3) is 10.6 Å². The Morgan fingerprint density at radius 3 is 2.26 bits per heavy atom. The molecule has 168 valence electrons. The highest BCUT2D eigenvalue weighted by molar-refractivity contribution is 7.13. The van der Waals surface area contributed by atoms with Crippen molar-refractivity contribution in [2.45, 2.75) is 44.5 Å². The van der Waals surface area contributed by atoms with Gasteiger partial charge in [0.15, 0.2) is 0 Å². The number of nitrogens with zero attached hydrogens (tertiary/aromatic N) is 3. The molecule has 0 radical (unpaired) electrons. The Bertz CT molecular complexity index is 907. The molecule has 1 aromatic heterocycles. The summed E-state index contributed by atoms with van der Waals surface area (Å²) in [5, 5.41) is 11.4. The molecule has 2 rings (SSSR count). The molecule has 0 fully saturated rings. The van der Waals surface area contributed by atoms with Crippen molar-refractivity contribution >= 4 is 17.2 Å². The minimum atomic E-state index is -5.92. The van der Waals surface area contributed by atoms with E-state index in [-0.39, 0.29) is 12.3 Å². The van der Waals surface area contributed by atoms with Crippen LogP contribution in [0.2, 0.25) is 0 Å². The summed E-state index contributed by atoms with van der Waals surface area (Å²) in [7, 11) is 0. The Kier molecular flexibility index (Phi) is 7.72. The van der Waals surface area contributed by atoms with E-state index in [1.807, 2.05) is 0 Å². The fourth-order valence-corrected chi connectivity index (χ4v) is 3.91. The molecule has 0 aliphatic heterocycles. The van der Waals surface area contributed by atoms with Gasteiger partial charge in [-0.25, -0.2) is 4.98 Å². The molecule has 2 aromatic rings. The average Bonchev–Trinajstić information content (AvgIpc) is 3.19. The molecule has 31 heavy (non-hydrogen) atoms. The number of rotatable bonds is 9. The highest BCUT2D eigenvalue weighted by atomic mass is 32.1. The smallest absolute Gasteiger partial charge is 0.368 e. The lowest BCUT2D eigenvalue weighted by Crippen LogP contribution is -2.56. The maximum atomic E-state index is 14.8. The molecule has 0 aliphatic carbocycles. The van der Waals surface area contributed by atoms with E-state index in [9.17, 15) is 26.7 Å². The number of halogens is 5. The first kappa shape index (κ1) is 24.7. The molecule has 2 atom stereocenters. The standard InChI is InChI=1S/C20H21F5N4OS/c1-12(2)11-15(17(27)30)29(9-7-26)16(19(21,22)20(23,24)25)13-3-5-14(6-4-13)18-28-8-10-31-18/h3-6,8,10,12,15-16H,9,11H2,1-2H3,(H2,27,30)/t15-,16-/m0/s1. The Morgan fingerprint density at radius 2 is 1.84 bits per heavy atom. The molecular formula is C20H21F5N4OS. The van der Waals surface area contributed by atoms with Crippen LogP contribution in [-0.2, 0) is 4.79 Å². The van der Waals surface area contributed by atoms with Gasteiger partial charge in [-0.2, -0.15) is 27.2 Å². The van der Waals surface area contributed by atoms with Crippen molar-refractivity contribution in [2.75, 3.05) is 6.54 Å². The predicted octanol–water partition coefficient (Wildman–Crippen LogP) is 4.77. The van der Waals surface area contributed by atoms with E-state index in [0.29, 0.717) is 15.5 Å². The molecule has 0 saturated heterocycles. The number of amides is 1. The van der Waals surface area contributed by atoms with Gasteiger partial charge in [-0.15, -0.1) is 11.3 Å². The SMILES string of the molecule is CC(C)C[C@@H](C(N)=O)N(CC#N)[C@@H](c1ccc(-c2nccs2)cc1)C(F)(F)C(F)(F)F. The van der Waals surface area contributed by atoms with Gasteiger partial charge in [0.1, 0.15) is 11.0 Å². The third kappa shape index (κ3) is 5.57. The van der Waals surface area contributed by atoms with Gasteiger partial charge in [0.25, 0.3) is 0 Å². The van der Waals surface area contributed by atoms with Crippen molar-refractivity contribution in [1.29, 1.82) is 5.26 Å². The van der Waals surface area contributed by atoms with Crippen LogP contribution in [0, 0.1) is 17.2 Å². The van der Waals surface area contributed by atoms with E-state index in [0.717, 1.165) is 12.1 Å². The number of carbonyl (C=O) groups is 1. The number of hydrogen-bond acceptors (Lipinski definition) is 5. The van der Waals surface area contributed by atoms with Crippen LogP contribution in [0.3, 0.4) is 0 Å². The molecule has 2 N–H and O–H groups in total. The molecule has 5 nitrogen and oxygen atoms in total. The molecule has 0 saturated carbocycles. The van der Waals surface area contributed by atoms with Gasteiger partial charge in [-0.05, 0) is 17.9 Å². The van der Waals surface area contributed by atoms with E-state index in [4.69, 9.17) is 11.0 Å². The Labute approximate surface area is 180 Å². The number of benzene rings is 1. The second-order valence-electron chi connectivity index (χ2n) is 7.36. The van der Waals surface area contributed by atoms with Gasteiger partial charge >= 0.3 is 12.1 Å². The molecule has 0 spiro atoms. The molecule has 0 aliphatic rings. The van der Waals surface area contributed by atoms with E-state index in [1.54, 1.807) is 25.3 Å². The number of nitriles is 1. The lowest BCUT2D eigenvalue weighted by atomic mass is 9.92. The summed E-state index contributed by atoms with van der Waals surface area (Å²) in [5.41, 5.74) is 5.49. The first-order valence-corrected chi connectivity index (χ1v) is 10.1. The topological polar surface area (TPSA) is 83.0 Å². The summed E-state index contributed by atoms with van der Waals surface area (Å²) in [5.74, 6) is -6.57. The minimum absolute atomic E-state index is 0.0847. The van der Waals surface area contributed by atoms with Gasteiger partial charge in [-0.1, -0.05) is 38.1 Å². The molecular weight excluding hydrogens is 439 g/mol. The normalized spacial score (nSPS) is 14.5. The quantitative estimate of drug-likeness (QED) is 0.432. The van der Waals surface area contributed by atoms with E-state index < -0.39 is 42.2 Å². The molecule has 1 aromatic carbocycles. The summed E-state index contributed by atoms with van der Waals surface area (Å²) in [4.78, 5) is 16.6. The summed E-state index contributed by atoms with van der Waals surface area (Å²) >= 11 is 1.28. The van der Waals surface area contributed by atoms with Crippen LogP contribution in [0.1, 0.15) is 31.9 Å². The number of hydrogen-bond donors (Lipinski definition) is 1. The van der Waals surface area contributed by atoms with Gasteiger partial charge < -0.3 is 5.73 Å². The summed E-state index contributed by atoms with van der Waals surface area (Å²) in [6.45, 7) is 2.49.